The summed E-state index contributed by atoms with van der Waals surface area (Å²) in [6.07, 6.45) is 5.08. The standard InChI is InChI=1S/C19H27N5O/c1-15(19(25)20-13-18-21-14-23(2)22-18)24-10-8-17(9-11-24)12-16-6-4-3-5-7-16/h3-7,14-15,17H,8-13H2,1-2H3,(H,20,25)/t15-/m1/s1. The Hall–Kier alpha value is -2.21. The molecule has 0 spiro atoms. The normalized spacial score (nSPS) is 17.4. The first-order valence-corrected chi connectivity index (χ1v) is 9.02. The molecule has 0 unspecified atom stereocenters. The predicted octanol–water partition coefficient (Wildman–Crippen LogP) is 1.77. The van der Waals surface area contributed by atoms with Gasteiger partial charge in [-0.3, -0.25) is 14.4 Å². The number of carbonyl (C=O) groups excluding carboxylic acids is 1. The van der Waals surface area contributed by atoms with Crippen LogP contribution in [0.15, 0.2) is 36.7 Å². The van der Waals surface area contributed by atoms with Crippen molar-refractivity contribution in [1.82, 2.24) is 25.0 Å². The molecule has 1 atom stereocenters. The molecule has 1 N–H and O–H groups in total. The molecular formula is C19H27N5O. The molecule has 134 valence electrons. The summed E-state index contributed by atoms with van der Waals surface area (Å²) in [5.41, 5.74) is 1.41. The number of nitrogens with one attached hydrogen (secondary N) is 1. The van der Waals surface area contributed by atoms with Crippen LogP contribution in [0, 0.1) is 5.92 Å². The van der Waals surface area contributed by atoms with Crippen LogP contribution in [-0.4, -0.2) is 44.7 Å². The molecule has 3 rings (SSSR count). The van der Waals surface area contributed by atoms with Crippen molar-refractivity contribution in [2.45, 2.75) is 38.8 Å². The van der Waals surface area contributed by atoms with Gasteiger partial charge in [-0.15, -0.1) is 0 Å². The van der Waals surface area contributed by atoms with Crippen LogP contribution < -0.4 is 5.32 Å². The Kier molecular flexibility index (Phi) is 5.81. The Bertz CT molecular complexity index is 676. The van der Waals surface area contributed by atoms with Crippen molar-refractivity contribution in [3.8, 4) is 0 Å². The van der Waals surface area contributed by atoms with Gasteiger partial charge in [-0.05, 0) is 50.8 Å². The minimum atomic E-state index is -0.110. The lowest BCUT2D eigenvalue weighted by Gasteiger charge is -2.35. The van der Waals surface area contributed by atoms with Crippen LogP contribution in [0.25, 0.3) is 0 Å². The number of aromatic nitrogens is 3. The number of carbonyl (C=O) groups is 1. The quantitative estimate of drug-likeness (QED) is 0.870. The summed E-state index contributed by atoms with van der Waals surface area (Å²) in [5, 5.41) is 7.12. The zero-order chi connectivity index (χ0) is 17.6. The number of rotatable bonds is 6. The molecule has 6 nitrogen and oxygen atoms in total. The number of benzene rings is 1. The van der Waals surface area contributed by atoms with Crippen LogP contribution in [0.4, 0.5) is 0 Å². The Labute approximate surface area is 149 Å². The maximum Gasteiger partial charge on any atom is 0.237 e. The highest BCUT2D eigenvalue weighted by Gasteiger charge is 2.26. The molecule has 0 saturated carbocycles. The summed E-state index contributed by atoms with van der Waals surface area (Å²) in [7, 11) is 1.82. The fourth-order valence-electron chi connectivity index (χ4n) is 3.44. The van der Waals surface area contributed by atoms with Crippen molar-refractivity contribution in [3.05, 3.63) is 48.0 Å². The Balaban J connectivity index is 1.42. The van der Waals surface area contributed by atoms with E-state index in [2.05, 4.69) is 50.6 Å². The summed E-state index contributed by atoms with van der Waals surface area (Å²) in [6, 6.07) is 10.6. The lowest BCUT2D eigenvalue weighted by atomic mass is 9.89. The van der Waals surface area contributed by atoms with Gasteiger partial charge in [-0.25, -0.2) is 4.98 Å². The van der Waals surface area contributed by atoms with Crippen LogP contribution in [0.2, 0.25) is 0 Å². The topological polar surface area (TPSA) is 63.1 Å². The molecule has 1 aliphatic rings. The van der Waals surface area contributed by atoms with Crippen molar-refractivity contribution in [2.24, 2.45) is 13.0 Å². The third-order valence-corrected chi connectivity index (χ3v) is 5.01. The maximum absolute atomic E-state index is 12.4. The van der Waals surface area contributed by atoms with Crippen LogP contribution in [-0.2, 0) is 24.8 Å². The molecule has 0 bridgehead atoms. The van der Waals surface area contributed by atoms with Crippen molar-refractivity contribution >= 4 is 5.91 Å². The summed E-state index contributed by atoms with van der Waals surface area (Å²) >= 11 is 0. The molecule has 0 aliphatic carbocycles. The molecule has 0 radical (unpaired) electrons. The third-order valence-electron chi connectivity index (χ3n) is 5.01. The molecule has 2 heterocycles. The van der Waals surface area contributed by atoms with E-state index < -0.39 is 0 Å². The third kappa shape index (κ3) is 4.89. The number of likely N-dealkylation sites (tertiary alicyclic amines) is 1. The zero-order valence-corrected chi connectivity index (χ0v) is 15.1. The fraction of sp³-hybridized carbons (Fsp3) is 0.526. The van der Waals surface area contributed by atoms with E-state index in [0.29, 0.717) is 18.3 Å². The second-order valence-electron chi connectivity index (χ2n) is 6.90. The summed E-state index contributed by atoms with van der Waals surface area (Å²) in [6.45, 7) is 4.33. The zero-order valence-electron chi connectivity index (χ0n) is 15.1. The lowest BCUT2D eigenvalue weighted by Crippen LogP contribution is -2.48. The van der Waals surface area contributed by atoms with Crippen molar-refractivity contribution < 1.29 is 4.79 Å². The highest BCUT2D eigenvalue weighted by Crippen LogP contribution is 2.22. The Morgan fingerprint density at radius 2 is 2.00 bits per heavy atom. The second kappa shape index (κ2) is 8.25. The minimum Gasteiger partial charge on any atom is -0.347 e. The van der Waals surface area contributed by atoms with Crippen LogP contribution in [0.1, 0.15) is 31.2 Å². The SMILES string of the molecule is C[C@H](C(=O)NCc1ncn(C)n1)N1CCC(Cc2ccccc2)CC1. The average Bonchev–Trinajstić information content (AvgIpc) is 3.06. The highest BCUT2D eigenvalue weighted by molar-refractivity contribution is 5.81. The molecule has 1 aliphatic heterocycles. The predicted molar refractivity (Wildman–Crippen MR) is 96.8 cm³/mol. The molecule has 1 amide bonds. The highest BCUT2D eigenvalue weighted by atomic mass is 16.2. The fourth-order valence-corrected chi connectivity index (χ4v) is 3.44. The van der Waals surface area contributed by atoms with E-state index in [4.69, 9.17) is 0 Å². The Morgan fingerprint density at radius 3 is 2.64 bits per heavy atom. The molecule has 1 fully saturated rings. The van der Waals surface area contributed by atoms with Gasteiger partial charge in [0.2, 0.25) is 5.91 Å². The van der Waals surface area contributed by atoms with E-state index in [-0.39, 0.29) is 11.9 Å². The van der Waals surface area contributed by atoms with Crippen molar-refractivity contribution in [1.29, 1.82) is 0 Å². The summed E-state index contributed by atoms with van der Waals surface area (Å²) < 4.78 is 1.64. The van der Waals surface area contributed by atoms with E-state index in [9.17, 15) is 4.79 Å². The maximum atomic E-state index is 12.4. The molecular weight excluding hydrogens is 314 g/mol. The first-order valence-electron chi connectivity index (χ1n) is 9.02. The number of piperidine rings is 1. The van der Waals surface area contributed by atoms with E-state index in [0.717, 1.165) is 32.4 Å². The van der Waals surface area contributed by atoms with Crippen molar-refractivity contribution in [3.63, 3.8) is 0 Å². The summed E-state index contributed by atoms with van der Waals surface area (Å²) in [5.74, 6) is 1.41. The number of hydrogen-bond donors (Lipinski definition) is 1. The molecule has 6 heteroatoms. The first kappa shape index (κ1) is 17.6. The average molecular weight is 341 g/mol. The van der Waals surface area contributed by atoms with Gasteiger partial charge in [0.05, 0.1) is 12.6 Å². The number of hydrogen-bond acceptors (Lipinski definition) is 4. The van der Waals surface area contributed by atoms with Crippen LogP contribution in [0.3, 0.4) is 0 Å². The monoisotopic (exact) mass is 341 g/mol. The minimum absolute atomic E-state index is 0.0500. The van der Waals surface area contributed by atoms with Gasteiger partial charge in [0.1, 0.15) is 6.33 Å². The number of nitrogens with zero attached hydrogens (tertiary/aromatic N) is 4. The van der Waals surface area contributed by atoms with Gasteiger partial charge in [0, 0.05) is 7.05 Å². The first-order chi connectivity index (χ1) is 12.1. The van der Waals surface area contributed by atoms with Gasteiger partial charge in [-0.1, -0.05) is 30.3 Å². The number of amides is 1. The van der Waals surface area contributed by atoms with E-state index in [1.54, 1.807) is 11.0 Å². The number of aryl methyl sites for hydroxylation is 1. The van der Waals surface area contributed by atoms with E-state index in [1.165, 1.54) is 5.56 Å². The molecule has 1 saturated heterocycles. The smallest absolute Gasteiger partial charge is 0.237 e. The molecule has 2 aromatic rings. The lowest BCUT2D eigenvalue weighted by molar-refractivity contribution is -0.126. The van der Waals surface area contributed by atoms with Gasteiger partial charge in [0.25, 0.3) is 0 Å². The van der Waals surface area contributed by atoms with E-state index in [1.807, 2.05) is 14.0 Å². The van der Waals surface area contributed by atoms with Crippen LogP contribution >= 0.6 is 0 Å². The van der Waals surface area contributed by atoms with Gasteiger partial charge in [-0.2, -0.15) is 5.10 Å². The largest absolute Gasteiger partial charge is 0.347 e. The Morgan fingerprint density at radius 1 is 1.28 bits per heavy atom. The van der Waals surface area contributed by atoms with E-state index >= 15 is 0 Å². The molecule has 1 aromatic heterocycles. The second-order valence-corrected chi connectivity index (χ2v) is 6.90. The van der Waals surface area contributed by atoms with Gasteiger partial charge < -0.3 is 5.32 Å². The molecule has 1 aromatic carbocycles. The van der Waals surface area contributed by atoms with Gasteiger partial charge >= 0.3 is 0 Å². The summed E-state index contributed by atoms with van der Waals surface area (Å²) in [4.78, 5) is 18.8. The van der Waals surface area contributed by atoms with Crippen LogP contribution in [0.5, 0.6) is 0 Å². The van der Waals surface area contributed by atoms with Crippen molar-refractivity contribution in [2.75, 3.05) is 13.1 Å². The molecule has 25 heavy (non-hydrogen) atoms. The van der Waals surface area contributed by atoms with Gasteiger partial charge in [0.15, 0.2) is 5.82 Å².